The van der Waals surface area contributed by atoms with Gasteiger partial charge in [-0.15, -0.1) is 0 Å². The molecule has 1 aromatic carbocycles. The van der Waals surface area contributed by atoms with Crippen LogP contribution in [0.5, 0.6) is 5.75 Å². The summed E-state index contributed by atoms with van der Waals surface area (Å²) in [6.45, 7) is 8.61. The Hall–Kier alpha value is -0.540. The van der Waals surface area contributed by atoms with E-state index < -0.39 is 0 Å². The highest BCUT2D eigenvalue weighted by atomic mass is 79.9. The quantitative estimate of drug-likeness (QED) is 0.696. The Balaban J connectivity index is 2.52. The Morgan fingerprint density at radius 3 is 2.65 bits per heavy atom. The molecule has 1 aromatic rings. The SMILES string of the molecule is CCOCCCOc1ccc(Br)cc1C(C)C. The van der Waals surface area contributed by atoms with Crippen LogP contribution in [-0.2, 0) is 4.74 Å². The molecule has 0 amide bonds. The van der Waals surface area contributed by atoms with Crippen molar-refractivity contribution < 1.29 is 9.47 Å². The first-order chi connectivity index (χ1) is 8.15. The van der Waals surface area contributed by atoms with Crippen LogP contribution in [0.4, 0.5) is 0 Å². The van der Waals surface area contributed by atoms with Crippen LogP contribution < -0.4 is 4.74 Å². The zero-order valence-corrected chi connectivity index (χ0v) is 12.4. The molecule has 0 radical (unpaired) electrons. The number of rotatable bonds is 7. The van der Waals surface area contributed by atoms with Gasteiger partial charge in [0.15, 0.2) is 0 Å². The van der Waals surface area contributed by atoms with Crippen molar-refractivity contribution in [2.24, 2.45) is 0 Å². The van der Waals surface area contributed by atoms with Gasteiger partial charge in [-0.1, -0.05) is 29.8 Å². The molecule has 0 saturated carbocycles. The minimum absolute atomic E-state index is 0.467. The third-order valence-corrected chi connectivity index (χ3v) is 2.98. The lowest BCUT2D eigenvalue weighted by atomic mass is 10.0. The number of hydrogen-bond donors (Lipinski definition) is 0. The average Bonchev–Trinajstić information content (AvgIpc) is 2.30. The van der Waals surface area contributed by atoms with Gasteiger partial charge in [-0.05, 0) is 36.6 Å². The molecule has 0 atom stereocenters. The second-order valence-corrected chi connectivity index (χ2v) is 5.15. The van der Waals surface area contributed by atoms with E-state index in [1.807, 2.05) is 19.1 Å². The molecule has 0 aliphatic carbocycles. The fourth-order valence-electron chi connectivity index (χ4n) is 1.59. The Kier molecular flexibility index (Phi) is 6.60. The van der Waals surface area contributed by atoms with Gasteiger partial charge in [0.25, 0.3) is 0 Å². The number of halogens is 1. The summed E-state index contributed by atoms with van der Waals surface area (Å²) in [6, 6.07) is 6.17. The second kappa shape index (κ2) is 7.72. The molecule has 0 aromatic heterocycles. The Labute approximate surface area is 112 Å². The lowest BCUT2D eigenvalue weighted by Crippen LogP contribution is -2.05. The van der Waals surface area contributed by atoms with Gasteiger partial charge in [0, 0.05) is 24.1 Å². The van der Waals surface area contributed by atoms with Crippen molar-refractivity contribution in [1.29, 1.82) is 0 Å². The molecular formula is C14H21BrO2. The van der Waals surface area contributed by atoms with Gasteiger partial charge in [-0.3, -0.25) is 0 Å². The largest absolute Gasteiger partial charge is 0.493 e. The van der Waals surface area contributed by atoms with Crippen LogP contribution in [0.3, 0.4) is 0 Å². The highest BCUT2D eigenvalue weighted by Crippen LogP contribution is 2.29. The molecule has 0 aliphatic rings. The van der Waals surface area contributed by atoms with E-state index in [1.165, 1.54) is 5.56 Å². The maximum atomic E-state index is 5.80. The molecule has 0 heterocycles. The standard InChI is InChI=1S/C14H21BrO2/c1-4-16-8-5-9-17-14-7-6-12(15)10-13(14)11(2)3/h6-7,10-11H,4-5,8-9H2,1-3H3. The minimum atomic E-state index is 0.467. The second-order valence-electron chi connectivity index (χ2n) is 4.24. The van der Waals surface area contributed by atoms with Crippen LogP contribution in [-0.4, -0.2) is 19.8 Å². The first-order valence-electron chi connectivity index (χ1n) is 6.15. The molecular weight excluding hydrogens is 280 g/mol. The fourth-order valence-corrected chi connectivity index (χ4v) is 1.97. The molecule has 0 aliphatic heterocycles. The van der Waals surface area contributed by atoms with Crippen LogP contribution in [0.2, 0.25) is 0 Å². The van der Waals surface area contributed by atoms with Gasteiger partial charge in [0.1, 0.15) is 5.75 Å². The molecule has 3 heteroatoms. The van der Waals surface area contributed by atoms with Gasteiger partial charge in [-0.25, -0.2) is 0 Å². The van der Waals surface area contributed by atoms with Crippen molar-refractivity contribution in [1.82, 2.24) is 0 Å². The molecule has 0 saturated heterocycles. The molecule has 2 nitrogen and oxygen atoms in total. The van der Waals surface area contributed by atoms with Crippen LogP contribution in [0.1, 0.15) is 38.7 Å². The molecule has 17 heavy (non-hydrogen) atoms. The van der Waals surface area contributed by atoms with Gasteiger partial charge in [0.2, 0.25) is 0 Å². The predicted octanol–water partition coefficient (Wildman–Crippen LogP) is 4.38. The summed E-state index contributed by atoms with van der Waals surface area (Å²) in [5.41, 5.74) is 1.25. The van der Waals surface area contributed by atoms with E-state index in [4.69, 9.17) is 9.47 Å². The van der Waals surface area contributed by atoms with E-state index in [2.05, 4.69) is 35.8 Å². The van der Waals surface area contributed by atoms with E-state index in [9.17, 15) is 0 Å². The summed E-state index contributed by atoms with van der Waals surface area (Å²) in [5, 5.41) is 0. The maximum Gasteiger partial charge on any atom is 0.122 e. The number of benzene rings is 1. The van der Waals surface area contributed by atoms with Gasteiger partial charge >= 0.3 is 0 Å². The number of hydrogen-bond acceptors (Lipinski definition) is 2. The summed E-state index contributed by atoms with van der Waals surface area (Å²) in [7, 11) is 0. The van der Waals surface area contributed by atoms with E-state index in [0.717, 1.165) is 29.9 Å². The topological polar surface area (TPSA) is 18.5 Å². The first-order valence-corrected chi connectivity index (χ1v) is 6.94. The summed E-state index contributed by atoms with van der Waals surface area (Å²) in [4.78, 5) is 0. The number of ether oxygens (including phenoxy) is 2. The van der Waals surface area contributed by atoms with Crippen molar-refractivity contribution in [3.8, 4) is 5.75 Å². The molecule has 0 N–H and O–H groups in total. The molecule has 0 bridgehead atoms. The third kappa shape index (κ3) is 5.09. The zero-order valence-electron chi connectivity index (χ0n) is 10.8. The van der Waals surface area contributed by atoms with E-state index in [-0.39, 0.29) is 0 Å². The molecule has 0 unspecified atom stereocenters. The Bertz CT molecular complexity index is 337. The summed E-state index contributed by atoms with van der Waals surface area (Å²) in [5.74, 6) is 1.45. The smallest absolute Gasteiger partial charge is 0.122 e. The highest BCUT2D eigenvalue weighted by Gasteiger charge is 2.08. The van der Waals surface area contributed by atoms with Crippen molar-refractivity contribution in [2.45, 2.75) is 33.1 Å². The van der Waals surface area contributed by atoms with E-state index in [0.29, 0.717) is 12.5 Å². The zero-order chi connectivity index (χ0) is 12.7. The van der Waals surface area contributed by atoms with Crippen molar-refractivity contribution >= 4 is 15.9 Å². The van der Waals surface area contributed by atoms with Crippen LogP contribution >= 0.6 is 15.9 Å². The van der Waals surface area contributed by atoms with Gasteiger partial charge in [0.05, 0.1) is 6.61 Å². The average molecular weight is 301 g/mol. The highest BCUT2D eigenvalue weighted by molar-refractivity contribution is 9.10. The Morgan fingerprint density at radius 2 is 2.00 bits per heavy atom. The molecule has 0 spiro atoms. The summed E-state index contributed by atoms with van der Waals surface area (Å²) < 4.78 is 12.2. The summed E-state index contributed by atoms with van der Waals surface area (Å²) in [6.07, 6.45) is 0.932. The first kappa shape index (κ1) is 14.5. The van der Waals surface area contributed by atoms with Crippen LogP contribution in [0.25, 0.3) is 0 Å². The maximum absolute atomic E-state index is 5.80. The molecule has 96 valence electrons. The van der Waals surface area contributed by atoms with Crippen LogP contribution in [0, 0.1) is 0 Å². The molecule has 0 fully saturated rings. The van der Waals surface area contributed by atoms with Crippen molar-refractivity contribution in [2.75, 3.05) is 19.8 Å². The summed E-state index contributed by atoms with van der Waals surface area (Å²) >= 11 is 3.49. The van der Waals surface area contributed by atoms with Crippen molar-refractivity contribution in [3.05, 3.63) is 28.2 Å². The predicted molar refractivity (Wildman–Crippen MR) is 74.8 cm³/mol. The third-order valence-electron chi connectivity index (χ3n) is 2.49. The lowest BCUT2D eigenvalue weighted by molar-refractivity contribution is 0.130. The fraction of sp³-hybridized carbons (Fsp3) is 0.571. The van der Waals surface area contributed by atoms with E-state index in [1.54, 1.807) is 0 Å². The van der Waals surface area contributed by atoms with Crippen molar-refractivity contribution in [3.63, 3.8) is 0 Å². The Morgan fingerprint density at radius 1 is 1.24 bits per heavy atom. The lowest BCUT2D eigenvalue weighted by Gasteiger charge is -2.14. The monoisotopic (exact) mass is 300 g/mol. The van der Waals surface area contributed by atoms with E-state index >= 15 is 0 Å². The van der Waals surface area contributed by atoms with Gasteiger partial charge in [-0.2, -0.15) is 0 Å². The van der Waals surface area contributed by atoms with Crippen LogP contribution in [0.15, 0.2) is 22.7 Å². The normalized spacial score (nSPS) is 10.9. The molecule has 1 rings (SSSR count). The minimum Gasteiger partial charge on any atom is -0.493 e. The van der Waals surface area contributed by atoms with Gasteiger partial charge < -0.3 is 9.47 Å².